The normalized spacial score (nSPS) is 15.7. The highest BCUT2D eigenvalue weighted by molar-refractivity contribution is 7.16. The van der Waals surface area contributed by atoms with Gasteiger partial charge in [-0.3, -0.25) is 0 Å². The molecule has 5 heteroatoms. The van der Waals surface area contributed by atoms with Crippen molar-refractivity contribution in [2.24, 2.45) is 0 Å². The molecular weight excluding hydrogens is 270 g/mol. The van der Waals surface area contributed by atoms with Gasteiger partial charge in [0.25, 0.3) is 0 Å². The first kappa shape index (κ1) is 15.9. The van der Waals surface area contributed by atoms with Crippen molar-refractivity contribution in [1.82, 2.24) is 5.32 Å². The average Bonchev–Trinajstić information content (AvgIpc) is 2.69. The van der Waals surface area contributed by atoms with Crippen LogP contribution >= 0.6 is 22.9 Å². The van der Waals surface area contributed by atoms with Crippen molar-refractivity contribution in [2.75, 3.05) is 13.2 Å². The quantitative estimate of drug-likeness (QED) is 0.845. The third-order valence-electron chi connectivity index (χ3n) is 2.39. The van der Waals surface area contributed by atoms with Gasteiger partial charge >= 0.3 is 0 Å². The molecule has 0 saturated heterocycles. The number of nitrogens with one attached hydrogen (secondary N) is 1. The number of aliphatic hydroxyl groups excluding tert-OH is 1. The van der Waals surface area contributed by atoms with Crippen molar-refractivity contribution in [3.05, 3.63) is 21.3 Å². The molecule has 0 fully saturated rings. The number of thiophene rings is 1. The van der Waals surface area contributed by atoms with Gasteiger partial charge in [0.15, 0.2) is 0 Å². The Morgan fingerprint density at radius 3 is 2.61 bits per heavy atom. The van der Waals surface area contributed by atoms with Crippen LogP contribution < -0.4 is 5.32 Å². The molecule has 0 saturated carbocycles. The van der Waals surface area contributed by atoms with Gasteiger partial charge in [0.1, 0.15) is 0 Å². The van der Waals surface area contributed by atoms with Crippen LogP contribution in [0.1, 0.15) is 38.6 Å². The van der Waals surface area contributed by atoms with E-state index in [-0.39, 0.29) is 11.6 Å². The first-order chi connectivity index (χ1) is 8.28. The number of rotatable bonds is 6. The van der Waals surface area contributed by atoms with Gasteiger partial charge in [0.05, 0.1) is 22.6 Å². The molecule has 2 unspecified atom stereocenters. The van der Waals surface area contributed by atoms with Gasteiger partial charge in [0, 0.05) is 17.5 Å². The van der Waals surface area contributed by atoms with Crippen LogP contribution in [0.3, 0.4) is 0 Å². The van der Waals surface area contributed by atoms with E-state index in [2.05, 4.69) is 12.2 Å². The first-order valence-electron chi connectivity index (χ1n) is 6.08. The highest BCUT2D eigenvalue weighted by atomic mass is 35.5. The maximum absolute atomic E-state index is 9.80. The highest BCUT2D eigenvalue weighted by Crippen LogP contribution is 2.26. The van der Waals surface area contributed by atoms with E-state index in [1.165, 1.54) is 4.88 Å². The summed E-state index contributed by atoms with van der Waals surface area (Å²) < 4.78 is 6.31. The van der Waals surface area contributed by atoms with E-state index in [1.807, 2.05) is 32.9 Å². The maximum atomic E-state index is 9.80. The van der Waals surface area contributed by atoms with Gasteiger partial charge in [0.2, 0.25) is 0 Å². The molecule has 3 nitrogen and oxygen atoms in total. The Hall–Kier alpha value is -0.130. The van der Waals surface area contributed by atoms with Crippen molar-refractivity contribution in [2.45, 2.75) is 45.4 Å². The third-order valence-corrected chi connectivity index (χ3v) is 3.80. The number of aliphatic hydroxyl groups is 1. The van der Waals surface area contributed by atoms with Gasteiger partial charge in [-0.1, -0.05) is 11.6 Å². The molecule has 0 radical (unpaired) electrons. The third kappa shape index (κ3) is 6.16. The summed E-state index contributed by atoms with van der Waals surface area (Å²) in [5.41, 5.74) is -0.214. The second-order valence-corrected chi connectivity index (χ2v) is 7.10. The molecule has 2 N–H and O–H groups in total. The summed E-state index contributed by atoms with van der Waals surface area (Å²) in [5.74, 6) is 0. The predicted octanol–water partition coefficient (Wildman–Crippen LogP) is 3.23. The molecule has 0 aliphatic carbocycles. The standard InChI is InChI=1S/C13H22ClNO2S/c1-9(11-5-6-12(14)18-11)15-7-10(16)8-17-13(2,3)4/h5-6,9-10,15-16H,7-8H2,1-4H3. The molecule has 1 rings (SSSR count). The van der Waals surface area contributed by atoms with Crippen LogP contribution in [0, 0.1) is 0 Å². The summed E-state index contributed by atoms with van der Waals surface area (Å²) >= 11 is 7.44. The Balaban J connectivity index is 2.28. The lowest BCUT2D eigenvalue weighted by Crippen LogP contribution is -2.34. The Kier molecular flexibility index (Phi) is 6.08. The zero-order valence-corrected chi connectivity index (χ0v) is 12.9. The van der Waals surface area contributed by atoms with Gasteiger partial charge < -0.3 is 15.2 Å². The summed E-state index contributed by atoms with van der Waals surface area (Å²) in [6.45, 7) is 8.83. The van der Waals surface area contributed by atoms with E-state index in [0.717, 1.165) is 4.34 Å². The Labute approximate surface area is 118 Å². The minimum Gasteiger partial charge on any atom is -0.389 e. The van der Waals surface area contributed by atoms with E-state index in [9.17, 15) is 5.11 Å². The summed E-state index contributed by atoms with van der Waals surface area (Å²) in [6, 6.07) is 4.08. The fourth-order valence-corrected chi connectivity index (χ4v) is 2.47. The van der Waals surface area contributed by atoms with Crippen molar-refractivity contribution >= 4 is 22.9 Å². The van der Waals surface area contributed by atoms with Gasteiger partial charge in [-0.05, 0) is 39.8 Å². The second-order valence-electron chi connectivity index (χ2n) is 5.35. The zero-order valence-electron chi connectivity index (χ0n) is 11.4. The summed E-state index contributed by atoms with van der Waals surface area (Å²) in [7, 11) is 0. The maximum Gasteiger partial charge on any atom is 0.0931 e. The lowest BCUT2D eigenvalue weighted by molar-refractivity contribution is -0.0482. The van der Waals surface area contributed by atoms with E-state index in [4.69, 9.17) is 16.3 Å². The van der Waals surface area contributed by atoms with Gasteiger partial charge in [-0.15, -0.1) is 11.3 Å². The molecule has 0 aliphatic heterocycles. The summed E-state index contributed by atoms with van der Waals surface area (Å²) in [5, 5.41) is 13.1. The predicted molar refractivity (Wildman–Crippen MR) is 77.5 cm³/mol. The molecule has 0 aliphatic rings. The molecule has 18 heavy (non-hydrogen) atoms. The Morgan fingerprint density at radius 2 is 2.11 bits per heavy atom. The molecular formula is C13H22ClNO2S. The Bertz CT molecular complexity index is 362. The largest absolute Gasteiger partial charge is 0.389 e. The molecule has 1 aromatic rings. The van der Waals surface area contributed by atoms with Crippen LogP contribution in [0.15, 0.2) is 12.1 Å². The lowest BCUT2D eigenvalue weighted by Gasteiger charge is -2.23. The SMILES string of the molecule is CC(NCC(O)COC(C)(C)C)c1ccc(Cl)s1. The second kappa shape index (κ2) is 6.87. The molecule has 0 aromatic carbocycles. The zero-order chi connectivity index (χ0) is 13.8. The minimum atomic E-state index is -0.498. The van der Waals surface area contributed by atoms with Crippen molar-refractivity contribution in [3.63, 3.8) is 0 Å². The molecule has 0 amide bonds. The van der Waals surface area contributed by atoms with E-state index in [0.29, 0.717) is 13.2 Å². The van der Waals surface area contributed by atoms with E-state index in [1.54, 1.807) is 11.3 Å². The topological polar surface area (TPSA) is 41.5 Å². The van der Waals surface area contributed by atoms with Gasteiger partial charge in [-0.2, -0.15) is 0 Å². The average molecular weight is 292 g/mol. The monoisotopic (exact) mass is 291 g/mol. The number of hydrogen-bond acceptors (Lipinski definition) is 4. The molecule has 1 aromatic heterocycles. The lowest BCUT2D eigenvalue weighted by atomic mass is 10.2. The van der Waals surface area contributed by atoms with Crippen molar-refractivity contribution in [1.29, 1.82) is 0 Å². The van der Waals surface area contributed by atoms with Crippen LogP contribution in [-0.4, -0.2) is 30.0 Å². The summed E-state index contributed by atoms with van der Waals surface area (Å²) in [4.78, 5) is 1.17. The van der Waals surface area contributed by atoms with Crippen molar-refractivity contribution in [3.8, 4) is 0 Å². The van der Waals surface area contributed by atoms with E-state index >= 15 is 0 Å². The summed E-state index contributed by atoms with van der Waals surface area (Å²) in [6.07, 6.45) is -0.498. The molecule has 0 bridgehead atoms. The number of hydrogen-bond donors (Lipinski definition) is 2. The first-order valence-corrected chi connectivity index (χ1v) is 7.28. The molecule has 1 heterocycles. The van der Waals surface area contributed by atoms with Crippen LogP contribution in [0.2, 0.25) is 4.34 Å². The highest BCUT2D eigenvalue weighted by Gasteiger charge is 2.15. The number of ether oxygens (including phenoxy) is 1. The number of halogens is 1. The van der Waals surface area contributed by atoms with Gasteiger partial charge in [-0.25, -0.2) is 0 Å². The molecule has 2 atom stereocenters. The smallest absolute Gasteiger partial charge is 0.0931 e. The van der Waals surface area contributed by atoms with Crippen LogP contribution in [0.5, 0.6) is 0 Å². The molecule has 0 spiro atoms. The fourth-order valence-electron chi connectivity index (χ4n) is 1.38. The molecule has 104 valence electrons. The van der Waals surface area contributed by atoms with E-state index < -0.39 is 6.10 Å². The van der Waals surface area contributed by atoms with Crippen LogP contribution in [0.25, 0.3) is 0 Å². The van der Waals surface area contributed by atoms with Crippen molar-refractivity contribution < 1.29 is 9.84 Å². The van der Waals surface area contributed by atoms with Crippen LogP contribution in [0.4, 0.5) is 0 Å². The van der Waals surface area contributed by atoms with Crippen LogP contribution in [-0.2, 0) is 4.74 Å². The fraction of sp³-hybridized carbons (Fsp3) is 0.692. The minimum absolute atomic E-state index is 0.187. The Morgan fingerprint density at radius 1 is 1.44 bits per heavy atom.